The molecule has 1 heterocycles. The number of benzene rings is 1. The molecular formula is C14H18ClFN2O3. The molecule has 1 amide bonds. The minimum Gasteiger partial charge on any atom is -0.390 e. The van der Waals surface area contributed by atoms with Crippen LogP contribution in [0.25, 0.3) is 0 Å². The van der Waals surface area contributed by atoms with Gasteiger partial charge >= 0.3 is 0 Å². The van der Waals surface area contributed by atoms with Gasteiger partial charge in [0.25, 0.3) is 5.91 Å². The zero-order chi connectivity index (χ0) is 15.2. The van der Waals surface area contributed by atoms with Crippen molar-refractivity contribution < 1.29 is 19.0 Å². The predicted octanol–water partition coefficient (Wildman–Crippen LogP) is 0.902. The molecule has 2 N–H and O–H groups in total. The molecule has 0 aromatic heterocycles. The van der Waals surface area contributed by atoms with Gasteiger partial charge in [-0.1, -0.05) is 11.6 Å². The van der Waals surface area contributed by atoms with Crippen LogP contribution in [0.3, 0.4) is 0 Å². The molecule has 0 saturated carbocycles. The van der Waals surface area contributed by atoms with Crippen molar-refractivity contribution in [1.29, 1.82) is 0 Å². The maximum absolute atomic E-state index is 13.6. The largest absolute Gasteiger partial charge is 0.390 e. The maximum Gasteiger partial charge on any atom is 0.254 e. The van der Waals surface area contributed by atoms with E-state index >= 15 is 0 Å². The first-order valence-electron chi connectivity index (χ1n) is 6.77. The lowest BCUT2D eigenvalue weighted by molar-refractivity contribution is 0.0149. The molecule has 0 radical (unpaired) electrons. The van der Waals surface area contributed by atoms with E-state index in [-0.39, 0.29) is 17.1 Å². The van der Waals surface area contributed by atoms with E-state index in [4.69, 9.17) is 16.3 Å². The molecule has 1 unspecified atom stereocenters. The summed E-state index contributed by atoms with van der Waals surface area (Å²) >= 11 is 5.63. The molecule has 116 valence electrons. The summed E-state index contributed by atoms with van der Waals surface area (Å²) in [5.41, 5.74) is -0.0852. The highest BCUT2D eigenvalue weighted by molar-refractivity contribution is 6.30. The van der Waals surface area contributed by atoms with E-state index < -0.39 is 17.8 Å². The van der Waals surface area contributed by atoms with E-state index in [0.717, 1.165) is 19.2 Å². The van der Waals surface area contributed by atoms with Crippen LogP contribution in [-0.2, 0) is 4.74 Å². The predicted molar refractivity (Wildman–Crippen MR) is 77.0 cm³/mol. The van der Waals surface area contributed by atoms with Gasteiger partial charge in [0.2, 0.25) is 0 Å². The summed E-state index contributed by atoms with van der Waals surface area (Å²) in [5.74, 6) is -1.24. The third kappa shape index (κ3) is 4.93. The smallest absolute Gasteiger partial charge is 0.254 e. The van der Waals surface area contributed by atoms with E-state index in [1.807, 2.05) is 0 Å². The molecule has 1 aromatic carbocycles. The number of nitrogens with zero attached hydrogens (tertiary/aromatic N) is 1. The maximum atomic E-state index is 13.6. The summed E-state index contributed by atoms with van der Waals surface area (Å²) in [6.07, 6.45) is -0.706. The summed E-state index contributed by atoms with van der Waals surface area (Å²) in [6.45, 7) is 3.34. The highest BCUT2D eigenvalue weighted by Gasteiger charge is 2.17. The van der Waals surface area contributed by atoms with Gasteiger partial charge in [-0.15, -0.1) is 0 Å². The molecule has 1 atom stereocenters. The molecule has 7 heteroatoms. The van der Waals surface area contributed by atoms with Gasteiger partial charge in [-0.3, -0.25) is 9.69 Å². The summed E-state index contributed by atoms with van der Waals surface area (Å²) in [6, 6.07) is 3.85. The fourth-order valence-electron chi connectivity index (χ4n) is 2.13. The lowest BCUT2D eigenvalue weighted by Crippen LogP contribution is -2.44. The van der Waals surface area contributed by atoms with Crippen molar-refractivity contribution in [2.75, 3.05) is 39.4 Å². The average molecular weight is 317 g/mol. The van der Waals surface area contributed by atoms with Gasteiger partial charge in [0, 0.05) is 31.2 Å². The SMILES string of the molecule is O=C(NCC(O)CN1CCOCC1)c1ccc(Cl)cc1F. The summed E-state index contributed by atoms with van der Waals surface area (Å²) in [7, 11) is 0. The van der Waals surface area contributed by atoms with Crippen molar-refractivity contribution in [2.24, 2.45) is 0 Å². The molecule has 1 fully saturated rings. The van der Waals surface area contributed by atoms with E-state index in [9.17, 15) is 14.3 Å². The Kier molecular flexibility index (Phi) is 5.93. The number of amides is 1. The first-order valence-corrected chi connectivity index (χ1v) is 7.15. The first-order chi connectivity index (χ1) is 10.1. The molecular weight excluding hydrogens is 299 g/mol. The number of halogens is 2. The van der Waals surface area contributed by atoms with Crippen molar-refractivity contribution in [1.82, 2.24) is 10.2 Å². The molecule has 1 aromatic rings. The fraction of sp³-hybridized carbons (Fsp3) is 0.500. The Morgan fingerprint density at radius 2 is 2.19 bits per heavy atom. The molecule has 1 saturated heterocycles. The van der Waals surface area contributed by atoms with Crippen LogP contribution >= 0.6 is 11.6 Å². The Balaban J connectivity index is 1.80. The fourth-order valence-corrected chi connectivity index (χ4v) is 2.28. The van der Waals surface area contributed by atoms with Gasteiger partial charge in [0.1, 0.15) is 5.82 Å². The number of rotatable bonds is 5. The van der Waals surface area contributed by atoms with E-state index in [1.54, 1.807) is 0 Å². The van der Waals surface area contributed by atoms with Crippen molar-refractivity contribution in [3.8, 4) is 0 Å². The highest BCUT2D eigenvalue weighted by Crippen LogP contribution is 2.14. The van der Waals surface area contributed by atoms with Crippen LogP contribution < -0.4 is 5.32 Å². The minimum absolute atomic E-state index is 0.0677. The Bertz CT molecular complexity index is 495. The highest BCUT2D eigenvalue weighted by atomic mass is 35.5. The van der Waals surface area contributed by atoms with Crippen molar-refractivity contribution in [3.63, 3.8) is 0 Å². The topological polar surface area (TPSA) is 61.8 Å². The normalized spacial score (nSPS) is 17.5. The quantitative estimate of drug-likeness (QED) is 0.847. The number of aliphatic hydroxyl groups is 1. The zero-order valence-corrected chi connectivity index (χ0v) is 12.3. The van der Waals surface area contributed by atoms with Crippen LogP contribution in [0.15, 0.2) is 18.2 Å². The number of carbonyl (C=O) groups excluding carboxylic acids is 1. The number of hydrogen-bond acceptors (Lipinski definition) is 4. The summed E-state index contributed by atoms with van der Waals surface area (Å²) in [4.78, 5) is 13.9. The van der Waals surface area contributed by atoms with Gasteiger partial charge in [0.05, 0.1) is 24.9 Å². The lowest BCUT2D eigenvalue weighted by Gasteiger charge is -2.28. The molecule has 21 heavy (non-hydrogen) atoms. The summed E-state index contributed by atoms with van der Waals surface area (Å²) in [5, 5.41) is 12.7. The van der Waals surface area contributed by atoms with Crippen LogP contribution in [0.4, 0.5) is 4.39 Å². The van der Waals surface area contributed by atoms with Gasteiger partial charge < -0.3 is 15.2 Å². The molecule has 5 nitrogen and oxygen atoms in total. The van der Waals surface area contributed by atoms with Crippen molar-refractivity contribution in [2.45, 2.75) is 6.10 Å². The van der Waals surface area contributed by atoms with Gasteiger partial charge in [0.15, 0.2) is 0 Å². The lowest BCUT2D eigenvalue weighted by atomic mass is 10.2. The van der Waals surface area contributed by atoms with E-state index in [2.05, 4.69) is 10.2 Å². The van der Waals surface area contributed by atoms with E-state index in [1.165, 1.54) is 12.1 Å². The number of morpholine rings is 1. The van der Waals surface area contributed by atoms with Crippen molar-refractivity contribution >= 4 is 17.5 Å². The Labute approximate surface area is 127 Å². The number of carbonyl (C=O) groups is 1. The summed E-state index contributed by atoms with van der Waals surface area (Å²) < 4.78 is 18.8. The zero-order valence-electron chi connectivity index (χ0n) is 11.5. The number of hydrogen-bond donors (Lipinski definition) is 2. The second-order valence-corrected chi connectivity index (χ2v) is 5.34. The second kappa shape index (κ2) is 7.70. The Morgan fingerprint density at radius 1 is 1.48 bits per heavy atom. The van der Waals surface area contributed by atoms with Crippen molar-refractivity contribution in [3.05, 3.63) is 34.6 Å². The van der Waals surface area contributed by atoms with Gasteiger partial charge in [-0.25, -0.2) is 4.39 Å². The standard InChI is InChI=1S/C14H18ClFN2O3/c15-10-1-2-12(13(16)7-10)14(20)17-8-11(19)9-18-3-5-21-6-4-18/h1-2,7,11,19H,3-6,8-9H2,(H,17,20). The van der Waals surface area contributed by atoms with Crippen LogP contribution in [0, 0.1) is 5.82 Å². The molecule has 2 rings (SSSR count). The Morgan fingerprint density at radius 3 is 2.86 bits per heavy atom. The van der Waals surface area contributed by atoms with Crippen LogP contribution in [0.2, 0.25) is 5.02 Å². The third-order valence-electron chi connectivity index (χ3n) is 3.25. The Hall–Kier alpha value is -1.21. The number of nitrogens with one attached hydrogen (secondary N) is 1. The number of ether oxygens (including phenoxy) is 1. The molecule has 1 aliphatic rings. The minimum atomic E-state index is -0.706. The molecule has 0 spiro atoms. The van der Waals surface area contributed by atoms with Crippen LogP contribution in [0.1, 0.15) is 10.4 Å². The van der Waals surface area contributed by atoms with Crippen LogP contribution in [0.5, 0.6) is 0 Å². The van der Waals surface area contributed by atoms with E-state index in [0.29, 0.717) is 19.8 Å². The van der Waals surface area contributed by atoms with Gasteiger partial charge in [-0.05, 0) is 18.2 Å². The van der Waals surface area contributed by atoms with Crippen LogP contribution in [-0.4, -0.2) is 61.4 Å². The average Bonchev–Trinajstić information content (AvgIpc) is 2.46. The molecule has 0 bridgehead atoms. The molecule has 1 aliphatic heterocycles. The monoisotopic (exact) mass is 316 g/mol. The number of aliphatic hydroxyl groups excluding tert-OH is 1. The molecule has 0 aliphatic carbocycles. The first kappa shape index (κ1) is 16.2. The third-order valence-corrected chi connectivity index (χ3v) is 3.48. The number of β-amino-alcohol motifs (C(OH)–C–C–N with tert-alkyl or cyclic N) is 1. The van der Waals surface area contributed by atoms with Gasteiger partial charge in [-0.2, -0.15) is 0 Å². The second-order valence-electron chi connectivity index (χ2n) is 4.90.